The summed E-state index contributed by atoms with van der Waals surface area (Å²) in [6, 6.07) is 14.8. The quantitative estimate of drug-likeness (QED) is 0.351. The number of anilines is 1. The molecule has 0 aliphatic carbocycles. The average Bonchev–Trinajstić information content (AvgIpc) is 2.99. The third kappa shape index (κ3) is 5.97. The van der Waals surface area contributed by atoms with Crippen molar-refractivity contribution in [3.05, 3.63) is 117 Å². The van der Waals surface area contributed by atoms with Gasteiger partial charge >= 0.3 is 0 Å². The molecule has 4 aromatic rings. The summed E-state index contributed by atoms with van der Waals surface area (Å²) < 4.78 is 0. The topological polar surface area (TPSA) is 105 Å². The summed E-state index contributed by atoms with van der Waals surface area (Å²) in [4.78, 5) is 54.3. The molecule has 1 atom stereocenters. The number of rotatable bonds is 6. The van der Waals surface area contributed by atoms with Gasteiger partial charge in [-0.05, 0) is 66.1 Å². The Morgan fingerprint density at radius 3 is 2.62 bits per heavy atom. The van der Waals surface area contributed by atoms with Crippen LogP contribution in [0.2, 0.25) is 10.0 Å². The number of pyridine rings is 3. The molecule has 10 heteroatoms. The maximum Gasteiger partial charge on any atom is 0.273 e. The van der Waals surface area contributed by atoms with Gasteiger partial charge in [-0.25, -0.2) is 9.97 Å². The van der Waals surface area contributed by atoms with Crippen molar-refractivity contribution in [2.75, 3.05) is 5.32 Å². The SMILES string of the molecule is Cc1ccnc(NC(=O)c2ccc(CN3C(=O)c4ncc(Cl)cc4CC(=O)[C@@H]3Cc3ccccn3)cc2Cl)c1. The molecule has 0 radical (unpaired) electrons. The summed E-state index contributed by atoms with van der Waals surface area (Å²) >= 11 is 12.6. The first-order chi connectivity index (χ1) is 18.8. The summed E-state index contributed by atoms with van der Waals surface area (Å²) in [6.07, 6.45) is 4.92. The monoisotopic (exact) mass is 559 g/mol. The number of nitrogens with one attached hydrogen (secondary N) is 1. The molecule has 0 fully saturated rings. The molecule has 1 N–H and O–H groups in total. The van der Waals surface area contributed by atoms with Crippen molar-refractivity contribution in [3.63, 3.8) is 0 Å². The Bertz CT molecular complexity index is 1580. The zero-order valence-electron chi connectivity index (χ0n) is 20.9. The molecule has 8 nitrogen and oxygen atoms in total. The lowest BCUT2D eigenvalue weighted by atomic mass is 10.00. The van der Waals surface area contributed by atoms with Crippen LogP contribution in [-0.2, 0) is 24.2 Å². The molecule has 196 valence electrons. The number of benzene rings is 1. The van der Waals surface area contributed by atoms with Crippen LogP contribution in [0.5, 0.6) is 0 Å². The third-order valence-corrected chi connectivity index (χ3v) is 6.95. The van der Waals surface area contributed by atoms with E-state index in [0.717, 1.165) is 5.56 Å². The number of amides is 2. The zero-order valence-corrected chi connectivity index (χ0v) is 22.4. The van der Waals surface area contributed by atoms with Crippen molar-refractivity contribution >= 4 is 46.6 Å². The molecule has 0 unspecified atom stereocenters. The highest BCUT2D eigenvalue weighted by atomic mass is 35.5. The molecule has 0 spiro atoms. The minimum Gasteiger partial charge on any atom is -0.323 e. The Morgan fingerprint density at radius 2 is 1.87 bits per heavy atom. The first-order valence-corrected chi connectivity index (χ1v) is 12.9. The van der Waals surface area contributed by atoms with E-state index in [9.17, 15) is 14.4 Å². The second-order valence-electron chi connectivity index (χ2n) is 9.27. The Labute approximate surface area is 235 Å². The minimum atomic E-state index is -0.783. The second-order valence-corrected chi connectivity index (χ2v) is 10.1. The van der Waals surface area contributed by atoms with Gasteiger partial charge in [0.25, 0.3) is 11.8 Å². The first-order valence-electron chi connectivity index (χ1n) is 12.2. The van der Waals surface area contributed by atoms with Gasteiger partial charge in [0.1, 0.15) is 11.5 Å². The molecule has 1 aromatic carbocycles. The van der Waals surface area contributed by atoms with E-state index in [-0.39, 0.29) is 41.4 Å². The van der Waals surface area contributed by atoms with E-state index in [4.69, 9.17) is 23.2 Å². The molecule has 1 aliphatic rings. The smallest absolute Gasteiger partial charge is 0.273 e. The normalized spacial score (nSPS) is 15.1. The van der Waals surface area contributed by atoms with Crippen LogP contribution in [0.25, 0.3) is 0 Å². The Balaban J connectivity index is 1.44. The number of hydrogen-bond donors (Lipinski definition) is 1. The van der Waals surface area contributed by atoms with Crippen molar-refractivity contribution in [2.24, 2.45) is 0 Å². The predicted molar refractivity (Wildman–Crippen MR) is 148 cm³/mol. The maximum absolute atomic E-state index is 13.7. The molecule has 0 bridgehead atoms. The van der Waals surface area contributed by atoms with Gasteiger partial charge in [0.05, 0.1) is 21.7 Å². The Hall–Kier alpha value is -4.14. The minimum absolute atomic E-state index is 0.0233. The second kappa shape index (κ2) is 11.3. The van der Waals surface area contributed by atoms with Crippen molar-refractivity contribution < 1.29 is 14.4 Å². The van der Waals surface area contributed by atoms with Crippen molar-refractivity contribution in [1.82, 2.24) is 19.9 Å². The molecular weight excluding hydrogens is 537 g/mol. The van der Waals surface area contributed by atoms with E-state index >= 15 is 0 Å². The van der Waals surface area contributed by atoms with Gasteiger partial charge in [-0.3, -0.25) is 19.4 Å². The summed E-state index contributed by atoms with van der Waals surface area (Å²) in [5, 5.41) is 3.30. The number of hydrogen-bond acceptors (Lipinski definition) is 6. The van der Waals surface area contributed by atoms with Gasteiger partial charge in [-0.2, -0.15) is 0 Å². The standard InChI is InChI=1S/C29H23Cl2N5O3/c1-17-7-9-33-26(10-17)35-28(38)22-6-5-18(11-23(22)31)16-36-24(14-21-4-2-3-8-32-21)25(37)13-19-12-20(30)15-34-27(19)29(36)39/h2-12,15,24H,13-14,16H2,1H3,(H,33,35,38)/t24-/m0/s1. The van der Waals surface area contributed by atoms with Crippen molar-refractivity contribution in [2.45, 2.75) is 32.4 Å². The van der Waals surface area contributed by atoms with Crippen LogP contribution >= 0.6 is 23.2 Å². The van der Waals surface area contributed by atoms with E-state index in [1.165, 1.54) is 11.1 Å². The van der Waals surface area contributed by atoms with E-state index < -0.39 is 17.9 Å². The van der Waals surface area contributed by atoms with Gasteiger partial charge in [0.2, 0.25) is 0 Å². The summed E-state index contributed by atoms with van der Waals surface area (Å²) in [7, 11) is 0. The molecule has 1 aliphatic heterocycles. The summed E-state index contributed by atoms with van der Waals surface area (Å²) in [5.74, 6) is -0.535. The van der Waals surface area contributed by atoms with Crippen LogP contribution in [0, 0.1) is 6.92 Å². The number of carbonyl (C=O) groups is 3. The zero-order chi connectivity index (χ0) is 27.5. The van der Waals surface area contributed by atoms with Crippen LogP contribution < -0.4 is 5.32 Å². The van der Waals surface area contributed by atoms with E-state index in [1.807, 2.05) is 25.1 Å². The highest BCUT2D eigenvalue weighted by molar-refractivity contribution is 6.34. The van der Waals surface area contributed by atoms with E-state index in [2.05, 4.69) is 20.3 Å². The van der Waals surface area contributed by atoms with Gasteiger partial charge in [-0.1, -0.05) is 35.3 Å². The molecule has 0 saturated carbocycles. The first kappa shape index (κ1) is 26.5. The van der Waals surface area contributed by atoms with Crippen LogP contribution in [0.15, 0.2) is 73.2 Å². The highest BCUT2D eigenvalue weighted by Crippen LogP contribution is 2.27. The molecule has 39 heavy (non-hydrogen) atoms. The van der Waals surface area contributed by atoms with E-state index in [1.54, 1.807) is 48.8 Å². The fraction of sp³-hybridized carbons (Fsp3) is 0.172. The maximum atomic E-state index is 13.7. The summed E-state index contributed by atoms with van der Waals surface area (Å²) in [5.41, 5.74) is 3.21. The number of carbonyl (C=O) groups excluding carboxylic acids is 3. The fourth-order valence-electron chi connectivity index (χ4n) is 4.51. The Morgan fingerprint density at radius 1 is 1.03 bits per heavy atom. The lowest BCUT2D eigenvalue weighted by Crippen LogP contribution is -2.45. The van der Waals surface area contributed by atoms with Crippen LogP contribution in [0.1, 0.15) is 43.2 Å². The largest absolute Gasteiger partial charge is 0.323 e. The molecule has 0 saturated heterocycles. The number of halogens is 2. The van der Waals surface area contributed by atoms with Gasteiger partial charge in [0.15, 0.2) is 5.78 Å². The number of aromatic nitrogens is 3. The summed E-state index contributed by atoms with van der Waals surface area (Å²) in [6.45, 7) is 1.98. The molecule has 5 rings (SSSR count). The number of ketones is 1. The Kier molecular flexibility index (Phi) is 7.67. The fourth-order valence-corrected chi connectivity index (χ4v) is 4.98. The average molecular weight is 560 g/mol. The number of Topliss-reactive ketones (excluding diaryl/α,β-unsaturated/α-hetero) is 1. The van der Waals surface area contributed by atoms with Gasteiger partial charge < -0.3 is 10.2 Å². The van der Waals surface area contributed by atoms with Crippen molar-refractivity contribution in [3.8, 4) is 0 Å². The lowest BCUT2D eigenvalue weighted by Gasteiger charge is -2.29. The number of aryl methyl sites for hydroxylation is 1. The predicted octanol–water partition coefficient (Wildman–Crippen LogP) is 5.12. The molecule has 3 aromatic heterocycles. The molecule has 4 heterocycles. The van der Waals surface area contributed by atoms with Crippen LogP contribution in [0.4, 0.5) is 5.82 Å². The number of nitrogens with zero attached hydrogens (tertiary/aromatic N) is 4. The van der Waals surface area contributed by atoms with Gasteiger partial charge in [-0.15, -0.1) is 0 Å². The third-order valence-electron chi connectivity index (χ3n) is 6.43. The van der Waals surface area contributed by atoms with Crippen molar-refractivity contribution in [1.29, 1.82) is 0 Å². The number of fused-ring (bicyclic) bond motifs is 1. The molecule has 2 amide bonds. The van der Waals surface area contributed by atoms with Crippen LogP contribution in [0.3, 0.4) is 0 Å². The molecular formula is C29H23Cl2N5O3. The highest BCUT2D eigenvalue weighted by Gasteiger charge is 2.36. The van der Waals surface area contributed by atoms with Gasteiger partial charge in [0, 0.05) is 43.7 Å². The van der Waals surface area contributed by atoms with Crippen LogP contribution in [-0.4, -0.2) is 43.5 Å². The lowest BCUT2D eigenvalue weighted by molar-refractivity contribution is -0.122. The van der Waals surface area contributed by atoms with E-state index in [0.29, 0.717) is 27.7 Å².